The molecule has 4 heteroatoms. The third kappa shape index (κ3) is 4.02. The average Bonchev–Trinajstić information content (AvgIpc) is 2.46. The lowest BCUT2D eigenvalue weighted by molar-refractivity contribution is 0.0696. The number of ether oxygens (including phenoxy) is 1. The van der Waals surface area contributed by atoms with Crippen LogP contribution in [0.2, 0.25) is 0 Å². The van der Waals surface area contributed by atoms with Gasteiger partial charge in [0.15, 0.2) is 0 Å². The van der Waals surface area contributed by atoms with Crippen molar-refractivity contribution in [2.24, 2.45) is 0 Å². The molecule has 4 nitrogen and oxygen atoms in total. The first-order valence-electron chi connectivity index (χ1n) is 6.42. The maximum atomic E-state index is 10.8. The van der Waals surface area contributed by atoms with Crippen LogP contribution in [0.3, 0.4) is 0 Å². The first-order chi connectivity index (χ1) is 9.65. The van der Waals surface area contributed by atoms with Crippen LogP contribution < -0.4 is 10.1 Å². The van der Waals surface area contributed by atoms with Crippen molar-refractivity contribution in [1.82, 2.24) is 0 Å². The number of rotatable bonds is 6. The zero-order chi connectivity index (χ0) is 14.4. The molecule has 0 spiro atoms. The smallest absolute Gasteiger partial charge is 0.335 e. The van der Waals surface area contributed by atoms with E-state index in [-0.39, 0.29) is 5.56 Å². The number of aromatic carboxylic acids is 1. The number of hydrogen-bond acceptors (Lipinski definition) is 3. The molecular weight excluding hydrogens is 254 g/mol. The summed E-state index contributed by atoms with van der Waals surface area (Å²) in [6.45, 7) is 3.17. The summed E-state index contributed by atoms with van der Waals surface area (Å²) in [5.41, 5.74) is 2.49. The second-order valence-electron chi connectivity index (χ2n) is 4.47. The zero-order valence-corrected chi connectivity index (χ0v) is 11.3. The van der Waals surface area contributed by atoms with Crippen LogP contribution in [0.5, 0.6) is 5.75 Å². The van der Waals surface area contributed by atoms with Crippen molar-refractivity contribution in [3.8, 4) is 5.75 Å². The molecule has 0 aliphatic heterocycles. The summed E-state index contributed by atoms with van der Waals surface area (Å²) in [5, 5.41) is 12.1. The number of carbonyl (C=O) groups is 1. The minimum atomic E-state index is -0.951. The lowest BCUT2D eigenvalue weighted by atomic mass is 10.2. The molecule has 20 heavy (non-hydrogen) atoms. The fourth-order valence-corrected chi connectivity index (χ4v) is 1.75. The Hall–Kier alpha value is -2.49. The van der Waals surface area contributed by atoms with Gasteiger partial charge in [-0.1, -0.05) is 23.8 Å². The minimum absolute atomic E-state index is 0.231. The molecule has 0 bridgehead atoms. The van der Waals surface area contributed by atoms with Crippen molar-refractivity contribution in [2.45, 2.75) is 6.92 Å². The number of carboxylic acids is 1. The van der Waals surface area contributed by atoms with Crippen LogP contribution in [0.15, 0.2) is 48.5 Å². The van der Waals surface area contributed by atoms with Gasteiger partial charge < -0.3 is 15.2 Å². The minimum Gasteiger partial charge on any atom is -0.492 e. The number of aryl methyl sites for hydroxylation is 1. The SMILES string of the molecule is Cc1ccc(NCCOc2cccc(C(=O)O)c2)cc1. The van der Waals surface area contributed by atoms with Gasteiger partial charge in [-0.3, -0.25) is 0 Å². The van der Waals surface area contributed by atoms with Gasteiger partial charge in [-0.25, -0.2) is 4.79 Å². The summed E-state index contributed by atoms with van der Waals surface area (Å²) in [4.78, 5) is 10.8. The van der Waals surface area contributed by atoms with Crippen molar-refractivity contribution in [1.29, 1.82) is 0 Å². The lowest BCUT2D eigenvalue weighted by Crippen LogP contribution is -2.11. The number of anilines is 1. The number of nitrogens with one attached hydrogen (secondary N) is 1. The van der Waals surface area contributed by atoms with E-state index in [0.29, 0.717) is 18.9 Å². The van der Waals surface area contributed by atoms with Gasteiger partial charge >= 0.3 is 5.97 Å². The Morgan fingerprint density at radius 3 is 2.65 bits per heavy atom. The molecule has 0 aliphatic rings. The maximum absolute atomic E-state index is 10.8. The standard InChI is InChI=1S/C16H17NO3/c1-12-5-7-14(8-6-12)17-9-10-20-15-4-2-3-13(11-15)16(18)19/h2-8,11,17H,9-10H2,1H3,(H,18,19). The van der Waals surface area contributed by atoms with E-state index >= 15 is 0 Å². The van der Waals surface area contributed by atoms with Gasteiger partial charge in [0.2, 0.25) is 0 Å². The summed E-state index contributed by atoms with van der Waals surface area (Å²) in [6, 6.07) is 14.6. The molecule has 2 aromatic carbocycles. The van der Waals surface area contributed by atoms with Crippen LogP contribution >= 0.6 is 0 Å². The lowest BCUT2D eigenvalue weighted by Gasteiger charge is -2.09. The van der Waals surface area contributed by atoms with Crippen LogP contribution in [-0.4, -0.2) is 24.2 Å². The monoisotopic (exact) mass is 271 g/mol. The maximum Gasteiger partial charge on any atom is 0.335 e. The Morgan fingerprint density at radius 1 is 1.20 bits per heavy atom. The summed E-state index contributed by atoms with van der Waals surface area (Å²) in [7, 11) is 0. The summed E-state index contributed by atoms with van der Waals surface area (Å²) >= 11 is 0. The van der Waals surface area contributed by atoms with E-state index in [2.05, 4.69) is 5.32 Å². The highest BCUT2D eigenvalue weighted by atomic mass is 16.5. The largest absolute Gasteiger partial charge is 0.492 e. The van der Waals surface area contributed by atoms with Crippen molar-refractivity contribution in [3.05, 3.63) is 59.7 Å². The predicted octanol–water partition coefficient (Wildman–Crippen LogP) is 3.18. The molecule has 0 unspecified atom stereocenters. The molecule has 0 heterocycles. The van der Waals surface area contributed by atoms with Gasteiger partial charge in [0.1, 0.15) is 12.4 Å². The molecule has 0 aliphatic carbocycles. The highest BCUT2D eigenvalue weighted by Crippen LogP contribution is 2.13. The second-order valence-corrected chi connectivity index (χ2v) is 4.47. The Bertz CT molecular complexity index is 579. The molecule has 0 saturated carbocycles. The van der Waals surface area contributed by atoms with Crippen LogP contribution in [0.1, 0.15) is 15.9 Å². The molecule has 2 N–H and O–H groups in total. The molecule has 0 radical (unpaired) electrons. The van der Waals surface area contributed by atoms with Crippen molar-refractivity contribution in [3.63, 3.8) is 0 Å². The van der Waals surface area contributed by atoms with Crippen LogP contribution in [0.25, 0.3) is 0 Å². The number of benzene rings is 2. The molecule has 104 valence electrons. The topological polar surface area (TPSA) is 58.6 Å². The first-order valence-corrected chi connectivity index (χ1v) is 6.42. The van der Waals surface area contributed by atoms with E-state index in [1.807, 2.05) is 31.2 Å². The normalized spacial score (nSPS) is 10.1. The third-order valence-corrected chi connectivity index (χ3v) is 2.83. The van der Waals surface area contributed by atoms with E-state index in [1.54, 1.807) is 18.2 Å². The highest BCUT2D eigenvalue weighted by molar-refractivity contribution is 5.87. The molecule has 2 rings (SSSR count). The van der Waals surface area contributed by atoms with Gasteiger partial charge in [0, 0.05) is 12.2 Å². The van der Waals surface area contributed by atoms with Crippen LogP contribution in [0.4, 0.5) is 5.69 Å². The Kier molecular flexibility index (Phi) is 4.60. The Balaban J connectivity index is 1.79. The summed E-state index contributed by atoms with van der Waals surface area (Å²) in [5.74, 6) is -0.385. The van der Waals surface area contributed by atoms with E-state index in [1.165, 1.54) is 11.6 Å². The first kappa shape index (κ1) is 13.9. The van der Waals surface area contributed by atoms with Gasteiger partial charge in [-0.15, -0.1) is 0 Å². The van der Waals surface area contributed by atoms with E-state index < -0.39 is 5.97 Å². The summed E-state index contributed by atoms with van der Waals surface area (Å²) in [6.07, 6.45) is 0. The molecule has 0 atom stereocenters. The molecule has 0 amide bonds. The van der Waals surface area contributed by atoms with E-state index in [0.717, 1.165) is 5.69 Å². The second kappa shape index (κ2) is 6.61. The van der Waals surface area contributed by atoms with Gasteiger partial charge in [0.25, 0.3) is 0 Å². The zero-order valence-electron chi connectivity index (χ0n) is 11.3. The fourth-order valence-electron chi connectivity index (χ4n) is 1.75. The Labute approximate surface area is 118 Å². The molecular formula is C16H17NO3. The van der Waals surface area contributed by atoms with Crippen molar-refractivity contribution >= 4 is 11.7 Å². The Morgan fingerprint density at radius 2 is 1.95 bits per heavy atom. The van der Waals surface area contributed by atoms with Crippen LogP contribution in [0, 0.1) is 6.92 Å². The van der Waals surface area contributed by atoms with Gasteiger partial charge in [-0.2, -0.15) is 0 Å². The average molecular weight is 271 g/mol. The highest BCUT2D eigenvalue weighted by Gasteiger charge is 2.03. The quantitative estimate of drug-likeness (QED) is 0.792. The van der Waals surface area contributed by atoms with E-state index in [4.69, 9.17) is 9.84 Å². The molecule has 2 aromatic rings. The van der Waals surface area contributed by atoms with Crippen molar-refractivity contribution in [2.75, 3.05) is 18.5 Å². The van der Waals surface area contributed by atoms with Crippen LogP contribution in [-0.2, 0) is 0 Å². The van der Waals surface area contributed by atoms with E-state index in [9.17, 15) is 4.79 Å². The molecule has 0 fully saturated rings. The predicted molar refractivity (Wildman–Crippen MR) is 78.6 cm³/mol. The third-order valence-electron chi connectivity index (χ3n) is 2.83. The number of hydrogen-bond donors (Lipinski definition) is 2. The molecule has 0 aromatic heterocycles. The summed E-state index contributed by atoms with van der Waals surface area (Å²) < 4.78 is 5.52. The fraction of sp³-hybridized carbons (Fsp3) is 0.188. The van der Waals surface area contributed by atoms with Crippen molar-refractivity contribution < 1.29 is 14.6 Å². The molecule has 0 saturated heterocycles. The van der Waals surface area contributed by atoms with Gasteiger partial charge in [0.05, 0.1) is 5.56 Å². The van der Waals surface area contributed by atoms with Gasteiger partial charge in [-0.05, 0) is 37.3 Å². The number of carboxylic acid groups (broad SMARTS) is 1.